The fraction of sp³-hybridized carbons (Fsp3) is 0.455. The number of aromatic hydroxyl groups is 1. The number of ether oxygens (including phenoxy) is 1. The van der Waals surface area contributed by atoms with Gasteiger partial charge in [0.05, 0.1) is 6.61 Å². The lowest BCUT2D eigenvalue weighted by molar-refractivity contribution is 0.161. The molecule has 0 saturated carbocycles. The van der Waals surface area contributed by atoms with Gasteiger partial charge in [0.15, 0.2) is 0 Å². The Morgan fingerprint density at radius 3 is 2.71 bits per heavy atom. The second kappa shape index (κ2) is 4.31. The summed E-state index contributed by atoms with van der Waals surface area (Å²) in [6, 6.07) is 6.48. The quantitative estimate of drug-likeness (QED) is 0.806. The lowest BCUT2D eigenvalue weighted by Gasteiger charge is -2.14. The fourth-order valence-corrected chi connectivity index (χ4v) is 0.985. The third-order valence-corrected chi connectivity index (χ3v) is 1.78. The fourth-order valence-electron chi connectivity index (χ4n) is 0.985. The number of alkyl halides is 1. The monoisotopic (exact) mass is 198 g/mol. The highest BCUT2D eigenvalue weighted by atomic mass is 19.1. The summed E-state index contributed by atoms with van der Waals surface area (Å²) in [6.45, 7) is 3.34. The maximum Gasteiger partial charge on any atom is 0.122 e. The molecule has 0 aliphatic rings. The van der Waals surface area contributed by atoms with Crippen LogP contribution in [0.15, 0.2) is 24.3 Å². The predicted octanol–water partition coefficient (Wildman–Crippen LogP) is 2.91. The smallest absolute Gasteiger partial charge is 0.122 e. The topological polar surface area (TPSA) is 29.5 Å². The molecule has 0 heterocycles. The molecule has 1 aromatic carbocycles. The van der Waals surface area contributed by atoms with Gasteiger partial charge in [-0.25, -0.2) is 4.39 Å². The van der Waals surface area contributed by atoms with Gasteiger partial charge in [-0.2, -0.15) is 0 Å². The molecule has 14 heavy (non-hydrogen) atoms. The third-order valence-electron chi connectivity index (χ3n) is 1.78. The highest BCUT2D eigenvalue weighted by Gasteiger charge is 2.14. The highest BCUT2D eigenvalue weighted by molar-refractivity contribution is 5.31. The molecule has 0 spiro atoms. The summed E-state index contributed by atoms with van der Waals surface area (Å²) in [6.07, 6.45) is 0.336. The Hall–Kier alpha value is -1.25. The first-order chi connectivity index (χ1) is 6.47. The number of halogens is 1. The maximum absolute atomic E-state index is 13.0. The minimum atomic E-state index is -1.21. The molecule has 0 bridgehead atoms. The first-order valence-corrected chi connectivity index (χ1v) is 4.58. The van der Waals surface area contributed by atoms with Crippen molar-refractivity contribution in [3.8, 4) is 11.5 Å². The molecule has 0 radical (unpaired) electrons. The molecule has 0 aliphatic carbocycles. The Labute approximate surface area is 83.3 Å². The third kappa shape index (κ3) is 4.12. The van der Waals surface area contributed by atoms with Crippen LogP contribution in [0.3, 0.4) is 0 Å². The van der Waals surface area contributed by atoms with Gasteiger partial charge < -0.3 is 9.84 Å². The van der Waals surface area contributed by atoms with Crippen LogP contribution in [0, 0.1) is 0 Å². The van der Waals surface area contributed by atoms with Crippen molar-refractivity contribution < 1.29 is 14.2 Å². The van der Waals surface area contributed by atoms with E-state index in [1.165, 1.54) is 19.9 Å². The first-order valence-electron chi connectivity index (χ1n) is 4.58. The SMILES string of the molecule is CC(C)(F)CCOc1cccc(O)c1. The first kappa shape index (κ1) is 10.8. The summed E-state index contributed by atoms with van der Waals surface area (Å²) in [7, 11) is 0. The van der Waals surface area contributed by atoms with Crippen molar-refractivity contribution in [2.45, 2.75) is 25.9 Å². The van der Waals surface area contributed by atoms with Gasteiger partial charge in [0.2, 0.25) is 0 Å². The van der Waals surface area contributed by atoms with Crippen molar-refractivity contribution in [3.05, 3.63) is 24.3 Å². The van der Waals surface area contributed by atoms with Gasteiger partial charge in [0, 0.05) is 12.5 Å². The zero-order valence-corrected chi connectivity index (χ0v) is 8.46. The molecule has 78 valence electrons. The minimum Gasteiger partial charge on any atom is -0.508 e. The number of phenols is 1. The van der Waals surface area contributed by atoms with Crippen LogP contribution in [0.5, 0.6) is 11.5 Å². The number of rotatable bonds is 4. The predicted molar refractivity (Wildman–Crippen MR) is 53.4 cm³/mol. The zero-order chi connectivity index (χ0) is 10.6. The molecule has 0 aromatic heterocycles. The van der Waals surface area contributed by atoms with Crippen LogP contribution < -0.4 is 4.74 Å². The van der Waals surface area contributed by atoms with Crippen molar-refractivity contribution in [3.63, 3.8) is 0 Å². The van der Waals surface area contributed by atoms with E-state index in [2.05, 4.69) is 0 Å². The Kier molecular flexibility index (Phi) is 3.33. The molecular formula is C11H15FO2. The molecule has 1 aromatic rings. The van der Waals surface area contributed by atoms with E-state index in [-0.39, 0.29) is 5.75 Å². The molecule has 0 aliphatic heterocycles. The highest BCUT2D eigenvalue weighted by Crippen LogP contribution is 2.19. The van der Waals surface area contributed by atoms with Crippen LogP contribution >= 0.6 is 0 Å². The Balaban J connectivity index is 2.39. The summed E-state index contributed by atoms with van der Waals surface area (Å²) >= 11 is 0. The molecular weight excluding hydrogens is 183 g/mol. The molecule has 0 unspecified atom stereocenters. The van der Waals surface area contributed by atoms with E-state index in [0.717, 1.165) is 0 Å². The Morgan fingerprint density at radius 1 is 1.43 bits per heavy atom. The maximum atomic E-state index is 13.0. The zero-order valence-electron chi connectivity index (χ0n) is 8.46. The Morgan fingerprint density at radius 2 is 2.14 bits per heavy atom. The number of phenolic OH excluding ortho intramolecular Hbond substituents is 1. The molecule has 0 atom stereocenters. The second-order valence-corrected chi connectivity index (χ2v) is 3.81. The van der Waals surface area contributed by atoms with E-state index in [0.29, 0.717) is 18.8 Å². The average molecular weight is 198 g/mol. The number of benzene rings is 1. The van der Waals surface area contributed by atoms with Crippen molar-refractivity contribution in [1.29, 1.82) is 0 Å². The normalized spacial score (nSPS) is 11.4. The van der Waals surface area contributed by atoms with Crippen LogP contribution in [0.25, 0.3) is 0 Å². The van der Waals surface area contributed by atoms with E-state index >= 15 is 0 Å². The largest absolute Gasteiger partial charge is 0.508 e. The van der Waals surface area contributed by atoms with Crippen molar-refractivity contribution in [1.82, 2.24) is 0 Å². The molecule has 3 heteroatoms. The molecule has 0 saturated heterocycles. The van der Waals surface area contributed by atoms with Crippen LogP contribution in [-0.2, 0) is 0 Å². The van der Waals surface area contributed by atoms with Gasteiger partial charge in [-0.05, 0) is 26.0 Å². The van der Waals surface area contributed by atoms with Crippen LogP contribution in [0.2, 0.25) is 0 Å². The van der Waals surface area contributed by atoms with Gasteiger partial charge in [-0.15, -0.1) is 0 Å². The van der Waals surface area contributed by atoms with E-state index in [4.69, 9.17) is 9.84 Å². The minimum absolute atomic E-state index is 0.155. The van der Waals surface area contributed by atoms with Crippen LogP contribution in [0.4, 0.5) is 4.39 Å². The standard InChI is InChI=1S/C11H15FO2/c1-11(2,12)6-7-14-10-5-3-4-9(13)8-10/h3-5,8,13H,6-7H2,1-2H3. The lowest BCUT2D eigenvalue weighted by Crippen LogP contribution is -2.16. The van der Waals surface area contributed by atoms with E-state index in [9.17, 15) is 4.39 Å². The van der Waals surface area contributed by atoms with Gasteiger partial charge in [0.1, 0.15) is 17.2 Å². The molecule has 0 amide bonds. The van der Waals surface area contributed by atoms with Crippen LogP contribution in [0.1, 0.15) is 20.3 Å². The second-order valence-electron chi connectivity index (χ2n) is 3.81. The summed E-state index contributed by atoms with van der Waals surface area (Å²) in [5, 5.41) is 9.12. The van der Waals surface area contributed by atoms with Gasteiger partial charge in [-0.3, -0.25) is 0 Å². The van der Waals surface area contributed by atoms with Gasteiger partial charge >= 0.3 is 0 Å². The summed E-state index contributed by atoms with van der Waals surface area (Å²) < 4.78 is 18.3. The summed E-state index contributed by atoms with van der Waals surface area (Å²) in [5.41, 5.74) is -1.21. The van der Waals surface area contributed by atoms with Crippen molar-refractivity contribution >= 4 is 0 Å². The van der Waals surface area contributed by atoms with E-state index in [1.807, 2.05) is 0 Å². The summed E-state index contributed by atoms with van der Waals surface area (Å²) in [5.74, 6) is 0.719. The number of hydrogen-bond acceptors (Lipinski definition) is 2. The number of hydrogen-bond donors (Lipinski definition) is 1. The lowest BCUT2D eigenvalue weighted by atomic mass is 10.1. The van der Waals surface area contributed by atoms with Crippen molar-refractivity contribution in [2.75, 3.05) is 6.61 Å². The molecule has 1 rings (SSSR count). The van der Waals surface area contributed by atoms with Gasteiger partial charge in [-0.1, -0.05) is 6.07 Å². The molecule has 2 nitrogen and oxygen atoms in total. The van der Waals surface area contributed by atoms with Crippen molar-refractivity contribution in [2.24, 2.45) is 0 Å². The summed E-state index contributed by atoms with van der Waals surface area (Å²) in [4.78, 5) is 0. The van der Waals surface area contributed by atoms with E-state index < -0.39 is 5.67 Å². The van der Waals surface area contributed by atoms with Gasteiger partial charge in [0.25, 0.3) is 0 Å². The van der Waals surface area contributed by atoms with E-state index in [1.54, 1.807) is 18.2 Å². The average Bonchev–Trinajstić information content (AvgIpc) is 2.01. The molecule has 0 fully saturated rings. The van der Waals surface area contributed by atoms with Crippen LogP contribution in [-0.4, -0.2) is 17.4 Å². The Bertz CT molecular complexity index is 292. The molecule has 1 N–H and O–H groups in total.